The normalized spacial score (nSPS) is 11.6. The van der Waals surface area contributed by atoms with Crippen molar-refractivity contribution in [2.75, 3.05) is 0 Å². The molecule has 0 N–H and O–H groups in total. The Balaban J connectivity index is 2.02. The number of unbranched alkanes of at least 4 members (excludes halogenated alkanes) is 1. The van der Waals surface area contributed by atoms with Crippen molar-refractivity contribution in [2.24, 2.45) is 0 Å². The molecular weight excluding hydrogens is 374 g/mol. The van der Waals surface area contributed by atoms with E-state index in [0.29, 0.717) is 29.9 Å². The number of allylic oxidation sites excluding steroid dienone is 1. The van der Waals surface area contributed by atoms with Crippen LogP contribution in [0.15, 0.2) is 70.1 Å². The van der Waals surface area contributed by atoms with Gasteiger partial charge >= 0.3 is 135 Å². The summed E-state index contributed by atoms with van der Waals surface area (Å²) in [5, 5.41) is 0. The molecule has 0 amide bonds. The fraction of sp³-hybridized carbons (Fsp3) is 0.222. The Morgan fingerprint density at radius 3 is 2.10 bits per heavy atom. The molecule has 20 heavy (non-hydrogen) atoms. The zero-order chi connectivity index (χ0) is 14.0. The van der Waals surface area contributed by atoms with E-state index in [1.54, 1.807) is 4.47 Å². The zero-order valence-corrected chi connectivity index (χ0v) is 15.2. The predicted molar refractivity (Wildman–Crippen MR) is 91.3 cm³/mol. The standard InChI is InChI=1S/C18H20Se2/c1-2-3-10-18(20-17-13-8-5-9-14-17)15-19-16-11-6-4-7-12-16/h4-9,11-15H,2-3,10H2,1H3. The first-order chi connectivity index (χ1) is 9.88. The van der Waals surface area contributed by atoms with Gasteiger partial charge in [0.25, 0.3) is 0 Å². The van der Waals surface area contributed by atoms with E-state index in [1.165, 1.54) is 28.2 Å². The van der Waals surface area contributed by atoms with E-state index in [1.807, 2.05) is 0 Å². The van der Waals surface area contributed by atoms with E-state index in [4.69, 9.17) is 0 Å². The fourth-order valence-electron chi connectivity index (χ4n) is 1.76. The van der Waals surface area contributed by atoms with Gasteiger partial charge in [-0.25, -0.2) is 0 Å². The quantitative estimate of drug-likeness (QED) is 0.634. The van der Waals surface area contributed by atoms with Crippen molar-refractivity contribution in [3.05, 3.63) is 70.1 Å². The molecular formula is C18H20Se2. The summed E-state index contributed by atoms with van der Waals surface area (Å²) in [5.41, 5.74) is 0. The van der Waals surface area contributed by atoms with E-state index >= 15 is 0 Å². The summed E-state index contributed by atoms with van der Waals surface area (Å²) in [6.07, 6.45) is 3.85. The third-order valence-corrected chi connectivity index (χ3v) is 7.87. The Bertz CT molecular complexity index is 518. The monoisotopic (exact) mass is 396 g/mol. The van der Waals surface area contributed by atoms with Gasteiger partial charge in [-0.3, -0.25) is 0 Å². The van der Waals surface area contributed by atoms with Crippen LogP contribution in [0.25, 0.3) is 0 Å². The first-order valence-corrected chi connectivity index (χ1v) is 10.6. The SMILES string of the molecule is CCCCC(=C[Se]c1ccccc1)[Se]c1ccccc1. The van der Waals surface area contributed by atoms with Crippen LogP contribution in [0.2, 0.25) is 0 Å². The number of hydrogen-bond donors (Lipinski definition) is 0. The van der Waals surface area contributed by atoms with E-state index in [9.17, 15) is 0 Å². The van der Waals surface area contributed by atoms with Gasteiger partial charge in [0.2, 0.25) is 0 Å². The molecule has 0 radical (unpaired) electrons. The molecule has 2 aromatic rings. The van der Waals surface area contributed by atoms with E-state index < -0.39 is 0 Å². The van der Waals surface area contributed by atoms with Crippen LogP contribution in [-0.4, -0.2) is 29.9 Å². The van der Waals surface area contributed by atoms with E-state index in [2.05, 4.69) is 72.6 Å². The molecule has 104 valence electrons. The zero-order valence-electron chi connectivity index (χ0n) is 11.8. The van der Waals surface area contributed by atoms with E-state index in [-0.39, 0.29) is 0 Å². The molecule has 0 aliphatic carbocycles. The maximum absolute atomic E-state index is 2.52. The number of hydrogen-bond acceptors (Lipinski definition) is 0. The first kappa shape index (κ1) is 15.6. The van der Waals surface area contributed by atoms with Crippen LogP contribution in [0.1, 0.15) is 26.2 Å². The van der Waals surface area contributed by atoms with Crippen molar-refractivity contribution in [1.29, 1.82) is 0 Å². The molecule has 0 saturated carbocycles. The Hall–Kier alpha value is -0.781. The van der Waals surface area contributed by atoms with Crippen molar-refractivity contribution in [3.63, 3.8) is 0 Å². The average Bonchev–Trinajstić information content (AvgIpc) is 2.52. The molecule has 0 fully saturated rings. The van der Waals surface area contributed by atoms with Crippen LogP contribution in [0, 0.1) is 0 Å². The van der Waals surface area contributed by atoms with Crippen molar-refractivity contribution < 1.29 is 0 Å². The molecule has 0 heterocycles. The Labute approximate surface area is 135 Å². The maximum atomic E-state index is 2.52. The minimum absolute atomic E-state index is 0.473. The van der Waals surface area contributed by atoms with Crippen LogP contribution in [0.4, 0.5) is 0 Å². The third kappa shape index (κ3) is 5.69. The van der Waals surface area contributed by atoms with Gasteiger partial charge in [0.15, 0.2) is 0 Å². The average molecular weight is 394 g/mol. The molecule has 0 aliphatic heterocycles. The molecule has 0 saturated heterocycles. The molecule has 0 spiro atoms. The van der Waals surface area contributed by atoms with Crippen molar-refractivity contribution in [1.82, 2.24) is 0 Å². The second kappa shape index (κ2) is 9.21. The molecule has 2 rings (SSSR count). The molecule has 0 aliphatic rings. The fourth-order valence-corrected chi connectivity index (χ4v) is 6.14. The van der Waals surface area contributed by atoms with Crippen LogP contribution < -0.4 is 8.92 Å². The van der Waals surface area contributed by atoms with Crippen LogP contribution >= 0.6 is 0 Å². The Morgan fingerprint density at radius 2 is 1.50 bits per heavy atom. The van der Waals surface area contributed by atoms with Gasteiger partial charge in [-0.1, -0.05) is 0 Å². The van der Waals surface area contributed by atoms with E-state index in [0.717, 1.165) is 0 Å². The van der Waals surface area contributed by atoms with Gasteiger partial charge < -0.3 is 0 Å². The van der Waals surface area contributed by atoms with Gasteiger partial charge in [0, 0.05) is 0 Å². The molecule has 0 unspecified atom stereocenters. The van der Waals surface area contributed by atoms with Crippen molar-refractivity contribution in [2.45, 2.75) is 26.2 Å². The summed E-state index contributed by atoms with van der Waals surface area (Å²) in [5.74, 6) is 0. The molecule has 2 aromatic carbocycles. The van der Waals surface area contributed by atoms with Gasteiger partial charge in [0.05, 0.1) is 0 Å². The summed E-state index contributed by atoms with van der Waals surface area (Å²) < 4.78 is 4.62. The summed E-state index contributed by atoms with van der Waals surface area (Å²) in [6.45, 7) is 2.27. The summed E-state index contributed by atoms with van der Waals surface area (Å²) in [6, 6.07) is 21.8. The second-order valence-electron chi connectivity index (χ2n) is 4.53. The second-order valence-corrected chi connectivity index (χ2v) is 9.03. The van der Waals surface area contributed by atoms with Crippen molar-refractivity contribution >= 4 is 38.8 Å². The van der Waals surface area contributed by atoms with Gasteiger partial charge in [-0.05, 0) is 0 Å². The molecule has 0 bridgehead atoms. The number of benzene rings is 2. The molecule has 0 atom stereocenters. The van der Waals surface area contributed by atoms with Crippen LogP contribution in [0.3, 0.4) is 0 Å². The Kier molecular flexibility index (Phi) is 7.19. The van der Waals surface area contributed by atoms with Crippen LogP contribution in [0.5, 0.6) is 0 Å². The van der Waals surface area contributed by atoms with Gasteiger partial charge in [0.1, 0.15) is 0 Å². The topological polar surface area (TPSA) is 0 Å². The molecule has 0 nitrogen and oxygen atoms in total. The Morgan fingerprint density at radius 1 is 0.900 bits per heavy atom. The minimum atomic E-state index is 0.473. The van der Waals surface area contributed by atoms with Gasteiger partial charge in [-0.15, -0.1) is 0 Å². The predicted octanol–water partition coefficient (Wildman–Crippen LogP) is 3.08. The first-order valence-electron chi connectivity index (χ1n) is 7.02. The number of rotatable bonds is 7. The summed E-state index contributed by atoms with van der Waals surface area (Å²) in [7, 11) is 0. The third-order valence-electron chi connectivity index (χ3n) is 2.84. The van der Waals surface area contributed by atoms with Crippen molar-refractivity contribution in [3.8, 4) is 0 Å². The summed E-state index contributed by atoms with van der Waals surface area (Å²) >= 11 is 0.966. The van der Waals surface area contributed by atoms with Gasteiger partial charge in [-0.2, -0.15) is 0 Å². The molecule has 0 aromatic heterocycles. The summed E-state index contributed by atoms with van der Waals surface area (Å²) in [4.78, 5) is 2.52. The van der Waals surface area contributed by atoms with Crippen LogP contribution in [-0.2, 0) is 0 Å². The molecule has 2 heteroatoms.